The minimum Gasteiger partial charge on any atom is -0.392 e. The van der Waals surface area contributed by atoms with Gasteiger partial charge in [0.05, 0.1) is 13.2 Å². The summed E-state index contributed by atoms with van der Waals surface area (Å²) in [5.74, 6) is 1.20. The van der Waals surface area contributed by atoms with Gasteiger partial charge in [-0.3, -0.25) is 0 Å². The normalized spacial score (nSPS) is 12.6. The molecule has 0 aliphatic heterocycles. The molecule has 5 nitrogen and oxygen atoms in total. The van der Waals surface area contributed by atoms with E-state index in [-0.39, 0.29) is 0 Å². The van der Waals surface area contributed by atoms with Crippen molar-refractivity contribution in [3.63, 3.8) is 0 Å². The molecule has 0 saturated heterocycles. The predicted molar refractivity (Wildman–Crippen MR) is 65.7 cm³/mol. The molecule has 1 N–H and O–H groups in total. The summed E-state index contributed by atoms with van der Waals surface area (Å²) in [7, 11) is 1.71. The molecule has 0 fully saturated rings. The third kappa shape index (κ3) is 3.83. The number of rotatable bonds is 5. The van der Waals surface area contributed by atoms with Crippen molar-refractivity contribution < 1.29 is 5.11 Å². The average molecular weight is 250 g/mol. The van der Waals surface area contributed by atoms with Crippen molar-refractivity contribution in [2.24, 2.45) is 7.05 Å². The molecule has 1 atom stereocenters. The number of thioether (sulfide) groups is 1. The summed E-state index contributed by atoms with van der Waals surface area (Å²) in [6, 6.07) is 10.00. The van der Waals surface area contributed by atoms with Gasteiger partial charge in [0.25, 0.3) is 0 Å². The number of aliphatic hydroxyl groups excluding tert-OH is 1. The van der Waals surface area contributed by atoms with Crippen molar-refractivity contribution in [1.82, 2.24) is 20.2 Å². The van der Waals surface area contributed by atoms with Crippen LogP contribution in [0.2, 0.25) is 0 Å². The Morgan fingerprint density at radius 1 is 1.35 bits per heavy atom. The zero-order valence-corrected chi connectivity index (χ0v) is 10.3. The van der Waals surface area contributed by atoms with Crippen LogP contribution in [0.25, 0.3) is 0 Å². The number of hydrogen-bond acceptors (Lipinski definition) is 5. The first-order valence-corrected chi connectivity index (χ1v) is 6.31. The Hall–Kier alpha value is -1.40. The van der Waals surface area contributed by atoms with Crippen LogP contribution < -0.4 is 0 Å². The van der Waals surface area contributed by atoms with Gasteiger partial charge in [-0.1, -0.05) is 18.2 Å². The van der Waals surface area contributed by atoms with E-state index in [0.717, 1.165) is 4.90 Å². The van der Waals surface area contributed by atoms with Crippen LogP contribution in [-0.4, -0.2) is 37.2 Å². The molecule has 2 rings (SSSR count). The molecule has 0 spiro atoms. The van der Waals surface area contributed by atoms with Crippen LogP contribution in [0.3, 0.4) is 0 Å². The highest BCUT2D eigenvalue weighted by Crippen LogP contribution is 2.18. The lowest BCUT2D eigenvalue weighted by Gasteiger charge is -2.07. The van der Waals surface area contributed by atoms with Crippen LogP contribution in [0.1, 0.15) is 5.82 Å². The van der Waals surface area contributed by atoms with E-state index >= 15 is 0 Å². The second-order valence-electron chi connectivity index (χ2n) is 3.68. The Morgan fingerprint density at radius 2 is 2.12 bits per heavy atom. The van der Waals surface area contributed by atoms with Crippen LogP contribution in [0.15, 0.2) is 35.2 Å². The molecule has 0 aliphatic carbocycles. The highest BCUT2D eigenvalue weighted by atomic mass is 32.2. The van der Waals surface area contributed by atoms with Crippen molar-refractivity contribution in [2.75, 3.05) is 5.75 Å². The lowest BCUT2D eigenvalue weighted by atomic mass is 10.3. The molecule has 1 aromatic heterocycles. The van der Waals surface area contributed by atoms with E-state index in [4.69, 9.17) is 0 Å². The van der Waals surface area contributed by atoms with E-state index in [1.165, 1.54) is 4.80 Å². The van der Waals surface area contributed by atoms with Gasteiger partial charge in [0.1, 0.15) is 0 Å². The molecule has 6 heteroatoms. The smallest absolute Gasteiger partial charge is 0.177 e. The Bertz CT molecular complexity index is 460. The maximum absolute atomic E-state index is 9.84. The van der Waals surface area contributed by atoms with Crippen molar-refractivity contribution in [1.29, 1.82) is 0 Å². The predicted octanol–water partition coefficient (Wildman–Crippen LogP) is 0.906. The summed E-state index contributed by atoms with van der Waals surface area (Å²) in [4.78, 5) is 2.55. The Kier molecular flexibility index (Phi) is 4.11. The first-order valence-electron chi connectivity index (χ1n) is 5.33. The van der Waals surface area contributed by atoms with Gasteiger partial charge < -0.3 is 5.11 Å². The highest BCUT2D eigenvalue weighted by Gasteiger charge is 2.10. The standard InChI is InChI=1S/C11H14N4OS/c1-15-13-11(12-14-15)7-9(16)8-17-10-5-3-2-4-6-10/h2-6,9,16H,7-8H2,1H3. The first kappa shape index (κ1) is 12.1. The molecule has 0 saturated carbocycles. The molecule has 2 aromatic rings. The number of aliphatic hydroxyl groups is 1. The first-order chi connectivity index (χ1) is 8.24. The average Bonchev–Trinajstić information content (AvgIpc) is 2.73. The van der Waals surface area contributed by atoms with Crippen molar-refractivity contribution >= 4 is 11.8 Å². The molecule has 0 radical (unpaired) electrons. The number of aromatic nitrogens is 4. The quantitative estimate of drug-likeness (QED) is 0.799. The molecule has 1 unspecified atom stereocenters. The SMILES string of the molecule is Cn1nnc(CC(O)CSc2ccccc2)n1. The van der Waals surface area contributed by atoms with Gasteiger partial charge in [-0.25, -0.2) is 0 Å². The van der Waals surface area contributed by atoms with Crippen LogP contribution >= 0.6 is 11.8 Å². The molecular formula is C11H14N4OS. The zero-order valence-electron chi connectivity index (χ0n) is 9.52. The van der Waals surface area contributed by atoms with Crippen LogP contribution in [0.5, 0.6) is 0 Å². The topological polar surface area (TPSA) is 63.8 Å². The molecule has 1 heterocycles. The summed E-state index contributed by atoms with van der Waals surface area (Å²) >= 11 is 1.62. The second-order valence-corrected chi connectivity index (χ2v) is 4.77. The number of benzene rings is 1. The maximum Gasteiger partial charge on any atom is 0.177 e. The van der Waals surface area contributed by atoms with E-state index in [1.54, 1.807) is 18.8 Å². The third-order valence-electron chi connectivity index (χ3n) is 2.15. The van der Waals surface area contributed by atoms with Crippen LogP contribution in [0, 0.1) is 0 Å². The monoisotopic (exact) mass is 250 g/mol. The third-order valence-corrected chi connectivity index (χ3v) is 3.31. The van der Waals surface area contributed by atoms with Crippen molar-refractivity contribution in [3.05, 3.63) is 36.2 Å². The fourth-order valence-electron chi connectivity index (χ4n) is 1.38. The maximum atomic E-state index is 9.84. The number of nitrogens with zero attached hydrogens (tertiary/aromatic N) is 4. The van der Waals surface area contributed by atoms with Gasteiger partial charge in [0.15, 0.2) is 5.82 Å². The molecule has 0 bridgehead atoms. The lowest BCUT2D eigenvalue weighted by Crippen LogP contribution is -2.14. The number of hydrogen-bond donors (Lipinski definition) is 1. The second kappa shape index (κ2) is 5.79. The summed E-state index contributed by atoms with van der Waals surface area (Å²) in [6.45, 7) is 0. The molecule has 1 aromatic carbocycles. The van der Waals surface area contributed by atoms with Crippen LogP contribution in [0.4, 0.5) is 0 Å². The lowest BCUT2D eigenvalue weighted by molar-refractivity contribution is 0.197. The van der Waals surface area contributed by atoms with Gasteiger partial charge in [-0.2, -0.15) is 4.80 Å². The minimum atomic E-state index is -0.454. The molecule has 0 amide bonds. The Morgan fingerprint density at radius 3 is 2.76 bits per heavy atom. The van der Waals surface area contributed by atoms with Crippen LogP contribution in [-0.2, 0) is 13.5 Å². The summed E-state index contributed by atoms with van der Waals surface area (Å²) < 4.78 is 0. The minimum absolute atomic E-state index is 0.438. The van der Waals surface area contributed by atoms with E-state index in [2.05, 4.69) is 15.4 Å². The Balaban J connectivity index is 1.80. The fraction of sp³-hybridized carbons (Fsp3) is 0.364. The number of tetrazole rings is 1. The van der Waals surface area contributed by atoms with Gasteiger partial charge in [0.2, 0.25) is 0 Å². The molecule has 0 aliphatic rings. The van der Waals surface area contributed by atoms with E-state index in [0.29, 0.717) is 18.0 Å². The van der Waals surface area contributed by atoms with Gasteiger partial charge in [-0.15, -0.1) is 22.0 Å². The zero-order chi connectivity index (χ0) is 12.1. The van der Waals surface area contributed by atoms with Gasteiger partial charge in [-0.05, 0) is 17.3 Å². The molecule has 17 heavy (non-hydrogen) atoms. The summed E-state index contributed by atoms with van der Waals surface area (Å²) in [5, 5.41) is 21.4. The highest BCUT2D eigenvalue weighted by molar-refractivity contribution is 7.99. The number of aryl methyl sites for hydroxylation is 1. The summed E-state index contributed by atoms with van der Waals surface area (Å²) in [6.07, 6.45) is -0.0161. The van der Waals surface area contributed by atoms with Crippen molar-refractivity contribution in [3.8, 4) is 0 Å². The fourth-order valence-corrected chi connectivity index (χ4v) is 2.24. The molecule has 90 valence electrons. The molecular weight excluding hydrogens is 236 g/mol. The van der Waals surface area contributed by atoms with Gasteiger partial charge >= 0.3 is 0 Å². The van der Waals surface area contributed by atoms with Gasteiger partial charge in [0, 0.05) is 17.1 Å². The largest absolute Gasteiger partial charge is 0.392 e. The van der Waals surface area contributed by atoms with E-state index in [1.807, 2.05) is 30.3 Å². The summed E-state index contributed by atoms with van der Waals surface area (Å²) in [5.41, 5.74) is 0. The van der Waals surface area contributed by atoms with Crippen molar-refractivity contribution in [2.45, 2.75) is 17.4 Å². The Labute approximate surface area is 104 Å². The van der Waals surface area contributed by atoms with E-state index < -0.39 is 6.10 Å². The van der Waals surface area contributed by atoms with E-state index in [9.17, 15) is 5.11 Å².